The Kier molecular flexibility index (Phi) is 3.11. The van der Waals surface area contributed by atoms with Crippen LogP contribution >= 0.6 is 0 Å². The molecule has 0 aromatic heterocycles. The van der Waals surface area contributed by atoms with Crippen molar-refractivity contribution >= 4 is 17.3 Å². The first kappa shape index (κ1) is 13.2. The van der Waals surface area contributed by atoms with Gasteiger partial charge < -0.3 is 10.0 Å². The summed E-state index contributed by atoms with van der Waals surface area (Å²) in [5.41, 5.74) is 3.62. The number of para-hydroxylation sites is 1. The van der Waals surface area contributed by atoms with Gasteiger partial charge in [-0.25, -0.2) is 4.79 Å². The number of nitriles is 1. The second-order valence-corrected chi connectivity index (χ2v) is 5.20. The van der Waals surface area contributed by atoms with E-state index in [0.717, 1.165) is 17.8 Å². The number of benzene rings is 2. The largest absolute Gasteiger partial charge is 0.478 e. The van der Waals surface area contributed by atoms with E-state index < -0.39 is 5.97 Å². The van der Waals surface area contributed by atoms with Crippen molar-refractivity contribution in [2.75, 3.05) is 4.90 Å². The summed E-state index contributed by atoms with van der Waals surface area (Å²) in [7, 11) is 0. The van der Waals surface area contributed by atoms with Gasteiger partial charge in [0.2, 0.25) is 0 Å². The van der Waals surface area contributed by atoms with Gasteiger partial charge in [-0.3, -0.25) is 0 Å². The van der Waals surface area contributed by atoms with Crippen LogP contribution in [0, 0.1) is 11.3 Å². The second-order valence-electron chi connectivity index (χ2n) is 5.20. The number of carbonyl (C=O) groups is 1. The fourth-order valence-corrected chi connectivity index (χ4v) is 2.90. The van der Waals surface area contributed by atoms with E-state index in [1.165, 1.54) is 11.6 Å². The van der Waals surface area contributed by atoms with Crippen molar-refractivity contribution in [3.05, 3.63) is 59.2 Å². The normalized spacial score (nSPS) is 16.4. The SMILES string of the molecule is CC1Cc2ccccc2N1c1ccc(C(=O)O)cc1C#N. The minimum absolute atomic E-state index is 0.135. The minimum Gasteiger partial charge on any atom is -0.478 e. The van der Waals surface area contributed by atoms with Crippen LogP contribution in [-0.4, -0.2) is 17.1 Å². The van der Waals surface area contributed by atoms with E-state index in [1.807, 2.05) is 18.2 Å². The van der Waals surface area contributed by atoms with Crippen molar-refractivity contribution < 1.29 is 9.90 Å². The van der Waals surface area contributed by atoms with Crippen LogP contribution in [0.5, 0.6) is 0 Å². The molecule has 0 aliphatic carbocycles. The summed E-state index contributed by atoms with van der Waals surface area (Å²) in [4.78, 5) is 13.2. The molecule has 3 rings (SSSR count). The molecule has 4 nitrogen and oxygen atoms in total. The lowest BCUT2D eigenvalue weighted by Gasteiger charge is -2.26. The lowest BCUT2D eigenvalue weighted by molar-refractivity contribution is 0.0697. The monoisotopic (exact) mass is 278 g/mol. The van der Waals surface area contributed by atoms with Crippen LogP contribution in [0.4, 0.5) is 11.4 Å². The lowest BCUT2D eigenvalue weighted by atomic mass is 10.1. The second kappa shape index (κ2) is 4.95. The number of fused-ring (bicyclic) bond motifs is 1. The zero-order valence-electron chi connectivity index (χ0n) is 11.6. The fourth-order valence-electron chi connectivity index (χ4n) is 2.90. The fraction of sp³-hybridized carbons (Fsp3) is 0.176. The van der Waals surface area contributed by atoms with Crippen molar-refractivity contribution in [3.63, 3.8) is 0 Å². The summed E-state index contributed by atoms with van der Waals surface area (Å²) in [6.07, 6.45) is 0.918. The Hall–Kier alpha value is -2.80. The highest BCUT2D eigenvalue weighted by atomic mass is 16.4. The topological polar surface area (TPSA) is 64.3 Å². The molecule has 4 heteroatoms. The van der Waals surface area contributed by atoms with Gasteiger partial charge in [-0.05, 0) is 43.2 Å². The summed E-state index contributed by atoms with van der Waals surface area (Å²) in [5, 5.41) is 18.4. The average molecular weight is 278 g/mol. The molecule has 0 fully saturated rings. The van der Waals surface area contributed by atoms with Crippen molar-refractivity contribution in [2.45, 2.75) is 19.4 Å². The molecule has 104 valence electrons. The summed E-state index contributed by atoms with van der Waals surface area (Å²) < 4.78 is 0. The number of nitrogens with zero attached hydrogens (tertiary/aromatic N) is 2. The number of rotatable bonds is 2. The third-order valence-corrected chi connectivity index (χ3v) is 3.83. The van der Waals surface area contributed by atoms with Gasteiger partial charge in [0.25, 0.3) is 0 Å². The smallest absolute Gasteiger partial charge is 0.335 e. The van der Waals surface area contributed by atoms with Gasteiger partial charge >= 0.3 is 5.97 Å². The summed E-state index contributed by atoms with van der Waals surface area (Å²) >= 11 is 0. The minimum atomic E-state index is -1.02. The number of anilines is 2. The van der Waals surface area contributed by atoms with E-state index in [0.29, 0.717) is 5.56 Å². The van der Waals surface area contributed by atoms with Crippen molar-refractivity contribution in [1.29, 1.82) is 5.26 Å². The van der Waals surface area contributed by atoms with Crippen molar-refractivity contribution in [2.24, 2.45) is 0 Å². The Bertz CT molecular complexity index is 762. The third kappa shape index (κ3) is 2.13. The highest BCUT2D eigenvalue weighted by molar-refractivity contribution is 5.89. The Morgan fingerprint density at radius 3 is 2.76 bits per heavy atom. The highest BCUT2D eigenvalue weighted by Crippen LogP contribution is 2.39. The van der Waals surface area contributed by atoms with E-state index >= 15 is 0 Å². The van der Waals surface area contributed by atoms with Gasteiger partial charge in [0, 0.05) is 11.7 Å². The molecule has 0 spiro atoms. The van der Waals surface area contributed by atoms with Crippen LogP contribution in [0.1, 0.15) is 28.4 Å². The number of hydrogen-bond donors (Lipinski definition) is 1. The lowest BCUT2D eigenvalue weighted by Crippen LogP contribution is -2.24. The quantitative estimate of drug-likeness (QED) is 0.915. The molecule has 1 aliphatic heterocycles. The zero-order chi connectivity index (χ0) is 15.0. The van der Waals surface area contributed by atoms with Gasteiger partial charge in [0.1, 0.15) is 6.07 Å². The first-order valence-electron chi connectivity index (χ1n) is 6.76. The van der Waals surface area contributed by atoms with E-state index in [4.69, 9.17) is 5.11 Å². The summed E-state index contributed by atoms with van der Waals surface area (Å²) in [6.45, 7) is 2.10. The maximum Gasteiger partial charge on any atom is 0.335 e. The highest BCUT2D eigenvalue weighted by Gasteiger charge is 2.28. The van der Waals surface area contributed by atoms with Gasteiger partial charge in [0.05, 0.1) is 16.8 Å². The molecule has 0 radical (unpaired) electrons. The third-order valence-electron chi connectivity index (χ3n) is 3.83. The van der Waals surface area contributed by atoms with Crippen molar-refractivity contribution in [1.82, 2.24) is 0 Å². The number of carboxylic acid groups (broad SMARTS) is 1. The first-order valence-corrected chi connectivity index (χ1v) is 6.76. The number of hydrogen-bond acceptors (Lipinski definition) is 3. The summed E-state index contributed by atoms with van der Waals surface area (Å²) in [5.74, 6) is -1.02. The molecule has 2 aromatic carbocycles. The molecular weight excluding hydrogens is 264 g/mol. The molecule has 1 atom stereocenters. The Balaban J connectivity index is 2.13. The average Bonchev–Trinajstić information content (AvgIpc) is 2.82. The molecule has 1 N–H and O–H groups in total. The van der Waals surface area contributed by atoms with E-state index in [9.17, 15) is 10.1 Å². The molecular formula is C17H14N2O2. The van der Waals surface area contributed by atoms with Gasteiger partial charge in [-0.15, -0.1) is 0 Å². The summed E-state index contributed by atoms with van der Waals surface area (Å²) in [6, 6.07) is 15.2. The molecule has 1 unspecified atom stereocenters. The number of carboxylic acids is 1. The number of aromatic carboxylic acids is 1. The van der Waals surface area contributed by atoms with Crippen LogP contribution < -0.4 is 4.90 Å². The molecule has 0 saturated heterocycles. The van der Waals surface area contributed by atoms with Crippen LogP contribution in [0.2, 0.25) is 0 Å². The van der Waals surface area contributed by atoms with Crippen LogP contribution in [0.15, 0.2) is 42.5 Å². The van der Waals surface area contributed by atoms with Crippen LogP contribution in [0.3, 0.4) is 0 Å². The predicted molar refractivity (Wildman–Crippen MR) is 79.9 cm³/mol. The van der Waals surface area contributed by atoms with Gasteiger partial charge in [0.15, 0.2) is 0 Å². The van der Waals surface area contributed by atoms with E-state index in [1.54, 1.807) is 12.1 Å². The van der Waals surface area contributed by atoms with Crippen LogP contribution in [-0.2, 0) is 6.42 Å². The maximum absolute atomic E-state index is 11.0. The first-order chi connectivity index (χ1) is 10.1. The van der Waals surface area contributed by atoms with Gasteiger partial charge in [-0.2, -0.15) is 5.26 Å². The maximum atomic E-state index is 11.0. The molecule has 0 amide bonds. The molecule has 1 heterocycles. The van der Waals surface area contributed by atoms with Gasteiger partial charge in [-0.1, -0.05) is 18.2 Å². The van der Waals surface area contributed by atoms with E-state index in [-0.39, 0.29) is 11.6 Å². The molecule has 0 saturated carbocycles. The molecule has 2 aromatic rings. The van der Waals surface area contributed by atoms with E-state index in [2.05, 4.69) is 24.0 Å². The Labute approximate surface area is 122 Å². The molecule has 1 aliphatic rings. The zero-order valence-corrected chi connectivity index (χ0v) is 11.6. The van der Waals surface area contributed by atoms with Crippen molar-refractivity contribution in [3.8, 4) is 6.07 Å². The Morgan fingerprint density at radius 2 is 2.05 bits per heavy atom. The Morgan fingerprint density at radius 1 is 1.29 bits per heavy atom. The van der Waals surface area contributed by atoms with Crippen LogP contribution in [0.25, 0.3) is 0 Å². The molecule has 0 bridgehead atoms. The standard InChI is InChI=1S/C17H14N2O2/c1-11-8-12-4-2-3-5-15(12)19(11)16-7-6-13(17(20)21)9-14(16)10-18/h2-7,9,11H,8H2,1H3,(H,20,21). The molecule has 21 heavy (non-hydrogen) atoms. The predicted octanol–water partition coefficient (Wildman–Crippen LogP) is 3.34.